The van der Waals surface area contributed by atoms with Gasteiger partial charge in [-0.25, -0.2) is 0 Å². The van der Waals surface area contributed by atoms with E-state index in [0.717, 1.165) is 13.1 Å². The Labute approximate surface area is 65.1 Å². The van der Waals surface area contributed by atoms with Gasteiger partial charge in [-0.3, -0.25) is 15.0 Å². The zero-order valence-electron chi connectivity index (χ0n) is 6.36. The van der Waals surface area contributed by atoms with Gasteiger partial charge in [0.1, 0.15) is 0 Å². The zero-order chi connectivity index (χ0) is 8.10. The predicted molar refractivity (Wildman–Crippen MR) is 39.1 cm³/mol. The van der Waals surface area contributed by atoms with Crippen molar-refractivity contribution in [3.63, 3.8) is 0 Å². The third-order valence-corrected chi connectivity index (χ3v) is 1.70. The molecule has 0 aliphatic carbocycles. The third kappa shape index (κ3) is 3.29. The first-order valence-corrected chi connectivity index (χ1v) is 3.71. The Morgan fingerprint density at radius 1 is 1.45 bits per heavy atom. The Hall–Kier alpha value is -0.680. The van der Waals surface area contributed by atoms with E-state index in [0.29, 0.717) is 19.8 Å². The molecule has 1 fully saturated rings. The van der Waals surface area contributed by atoms with Crippen LogP contribution >= 0.6 is 0 Å². The molecule has 1 rings (SSSR count). The average Bonchev–Trinajstić information content (AvgIpc) is 2.03. The number of rotatable bonds is 3. The summed E-state index contributed by atoms with van der Waals surface area (Å²) in [5, 5.41) is 9.99. The smallest absolute Gasteiger partial charge is 0.216 e. The first kappa shape index (κ1) is 8.42. The Kier molecular flexibility index (Phi) is 3.25. The SMILES string of the molecule is O=[N+]([O-])CCN1CCOCC1. The molecule has 1 heterocycles. The third-order valence-electron chi connectivity index (χ3n) is 1.70. The molecule has 5 heteroatoms. The summed E-state index contributed by atoms with van der Waals surface area (Å²) in [6.07, 6.45) is 0. The minimum Gasteiger partial charge on any atom is -0.379 e. The Morgan fingerprint density at radius 3 is 2.64 bits per heavy atom. The normalized spacial score (nSPS) is 20.0. The lowest BCUT2D eigenvalue weighted by molar-refractivity contribution is -0.480. The molecule has 1 saturated heterocycles. The van der Waals surface area contributed by atoms with Crippen LogP contribution in [0, 0.1) is 10.1 Å². The molecule has 0 unspecified atom stereocenters. The highest BCUT2D eigenvalue weighted by Crippen LogP contribution is 1.95. The fourth-order valence-electron chi connectivity index (χ4n) is 1.05. The lowest BCUT2D eigenvalue weighted by Gasteiger charge is -2.24. The van der Waals surface area contributed by atoms with Gasteiger partial charge >= 0.3 is 0 Å². The van der Waals surface area contributed by atoms with Gasteiger partial charge in [0.25, 0.3) is 0 Å². The summed E-state index contributed by atoms with van der Waals surface area (Å²) in [6, 6.07) is 0. The molecule has 0 saturated carbocycles. The van der Waals surface area contributed by atoms with Crippen molar-refractivity contribution in [2.75, 3.05) is 39.4 Å². The average molecular weight is 160 g/mol. The van der Waals surface area contributed by atoms with Gasteiger partial charge < -0.3 is 4.74 Å². The van der Waals surface area contributed by atoms with Gasteiger partial charge in [0.15, 0.2) is 0 Å². The minimum absolute atomic E-state index is 0.0417. The molecular formula is C6H12N2O3. The maximum Gasteiger partial charge on any atom is 0.216 e. The second-order valence-electron chi connectivity index (χ2n) is 2.51. The molecular weight excluding hydrogens is 148 g/mol. The molecule has 0 atom stereocenters. The van der Waals surface area contributed by atoms with Gasteiger partial charge in [-0.15, -0.1) is 0 Å². The van der Waals surface area contributed by atoms with Crippen LogP contribution in [0.15, 0.2) is 0 Å². The van der Waals surface area contributed by atoms with Crippen LogP contribution in [0.2, 0.25) is 0 Å². The van der Waals surface area contributed by atoms with Crippen LogP contribution in [0.4, 0.5) is 0 Å². The van der Waals surface area contributed by atoms with E-state index < -0.39 is 0 Å². The van der Waals surface area contributed by atoms with Crippen LogP contribution in [-0.2, 0) is 4.74 Å². The van der Waals surface area contributed by atoms with Gasteiger partial charge in [0.2, 0.25) is 6.54 Å². The van der Waals surface area contributed by atoms with E-state index in [1.54, 1.807) is 0 Å². The van der Waals surface area contributed by atoms with Crippen molar-refractivity contribution in [1.29, 1.82) is 0 Å². The highest BCUT2D eigenvalue weighted by Gasteiger charge is 2.11. The molecule has 0 amide bonds. The van der Waals surface area contributed by atoms with Crippen LogP contribution in [-0.4, -0.2) is 49.2 Å². The molecule has 11 heavy (non-hydrogen) atoms. The van der Waals surface area contributed by atoms with E-state index in [1.165, 1.54) is 0 Å². The van der Waals surface area contributed by atoms with Gasteiger partial charge in [0.05, 0.1) is 19.8 Å². The number of morpholine rings is 1. The number of hydrogen-bond donors (Lipinski definition) is 0. The number of hydrogen-bond acceptors (Lipinski definition) is 4. The number of nitrogens with zero attached hydrogens (tertiary/aromatic N) is 2. The first-order valence-electron chi connectivity index (χ1n) is 3.71. The first-order chi connectivity index (χ1) is 5.29. The monoisotopic (exact) mass is 160 g/mol. The van der Waals surface area contributed by atoms with Crippen LogP contribution in [0.5, 0.6) is 0 Å². The quantitative estimate of drug-likeness (QED) is 0.416. The van der Waals surface area contributed by atoms with Crippen LogP contribution in [0.25, 0.3) is 0 Å². The molecule has 0 spiro atoms. The minimum atomic E-state index is -0.282. The molecule has 0 aromatic rings. The van der Waals surface area contributed by atoms with E-state index in [-0.39, 0.29) is 11.5 Å². The molecule has 0 bridgehead atoms. The molecule has 5 nitrogen and oxygen atoms in total. The van der Waals surface area contributed by atoms with E-state index in [2.05, 4.69) is 0 Å². The summed E-state index contributed by atoms with van der Waals surface area (Å²) >= 11 is 0. The summed E-state index contributed by atoms with van der Waals surface area (Å²) < 4.78 is 5.09. The van der Waals surface area contributed by atoms with Gasteiger partial charge in [-0.2, -0.15) is 0 Å². The van der Waals surface area contributed by atoms with E-state index >= 15 is 0 Å². The molecule has 0 N–H and O–H groups in total. The number of ether oxygens (including phenoxy) is 1. The topological polar surface area (TPSA) is 55.6 Å². The maximum atomic E-state index is 9.99. The van der Waals surface area contributed by atoms with Crippen molar-refractivity contribution in [3.05, 3.63) is 10.1 Å². The van der Waals surface area contributed by atoms with Crippen molar-refractivity contribution in [2.45, 2.75) is 0 Å². The van der Waals surface area contributed by atoms with Crippen molar-refractivity contribution < 1.29 is 9.66 Å². The largest absolute Gasteiger partial charge is 0.379 e. The second kappa shape index (κ2) is 4.25. The molecule has 0 aromatic carbocycles. The molecule has 1 aliphatic rings. The van der Waals surface area contributed by atoms with Crippen LogP contribution in [0.1, 0.15) is 0 Å². The lowest BCUT2D eigenvalue weighted by Crippen LogP contribution is -2.38. The van der Waals surface area contributed by atoms with Gasteiger partial charge in [0, 0.05) is 18.0 Å². The summed E-state index contributed by atoms with van der Waals surface area (Å²) in [7, 11) is 0. The highest BCUT2D eigenvalue weighted by molar-refractivity contribution is 4.60. The Morgan fingerprint density at radius 2 is 2.09 bits per heavy atom. The molecule has 0 aromatic heterocycles. The van der Waals surface area contributed by atoms with Crippen LogP contribution in [0.3, 0.4) is 0 Å². The Balaban J connectivity index is 2.09. The van der Waals surface area contributed by atoms with Crippen LogP contribution < -0.4 is 0 Å². The fraction of sp³-hybridized carbons (Fsp3) is 1.00. The van der Waals surface area contributed by atoms with Gasteiger partial charge in [-0.05, 0) is 0 Å². The summed E-state index contributed by atoms with van der Waals surface area (Å²) in [5.74, 6) is 0. The van der Waals surface area contributed by atoms with Crippen molar-refractivity contribution in [3.8, 4) is 0 Å². The van der Waals surface area contributed by atoms with Crippen molar-refractivity contribution >= 4 is 0 Å². The lowest BCUT2D eigenvalue weighted by atomic mass is 10.4. The Bertz CT molecular complexity index is 134. The van der Waals surface area contributed by atoms with Gasteiger partial charge in [-0.1, -0.05) is 0 Å². The summed E-state index contributed by atoms with van der Waals surface area (Å²) in [4.78, 5) is 11.8. The highest BCUT2D eigenvalue weighted by atomic mass is 16.6. The molecule has 1 aliphatic heterocycles. The van der Waals surface area contributed by atoms with E-state index in [1.807, 2.05) is 4.90 Å². The fourth-order valence-corrected chi connectivity index (χ4v) is 1.05. The predicted octanol–water partition coefficient (Wildman–Crippen LogP) is -0.405. The molecule has 0 radical (unpaired) electrons. The second-order valence-corrected chi connectivity index (χ2v) is 2.51. The van der Waals surface area contributed by atoms with E-state index in [9.17, 15) is 10.1 Å². The van der Waals surface area contributed by atoms with E-state index in [4.69, 9.17) is 4.74 Å². The summed E-state index contributed by atoms with van der Waals surface area (Å²) in [5.41, 5.74) is 0. The van der Waals surface area contributed by atoms with Crippen molar-refractivity contribution in [1.82, 2.24) is 4.90 Å². The molecule has 64 valence electrons. The maximum absolute atomic E-state index is 9.99. The zero-order valence-corrected chi connectivity index (χ0v) is 6.36. The standard InChI is InChI=1S/C6H12N2O3/c9-8(10)2-1-7-3-5-11-6-4-7/h1-6H2. The number of nitro groups is 1. The van der Waals surface area contributed by atoms with Crippen molar-refractivity contribution in [2.24, 2.45) is 0 Å². The summed E-state index contributed by atoms with van der Waals surface area (Å²) in [6.45, 7) is 3.66.